The molecule has 0 amide bonds. The predicted molar refractivity (Wildman–Crippen MR) is 284 cm³/mol. The lowest BCUT2D eigenvalue weighted by Crippen LogP contribution is -2.38. The molecule has 0 aliphatic carbocycles. The molecule has 0 aromatic heterocycles. The summed E-state index contributed by atoms with van der Waals surface area (Å²) in [6.07, 6.45) is -0.380. The lowest BCUT2D eigenvalue weighted by atomic mass is 10.2. The molecular weight excluding hydrogens is 1280 g/mol. The molecule has 11 N–H and O–H groups in total. The largest absolute Gasteiger partial charge is 0.463 e. The average Bonchev–Trinajstić information content (AvgIpc) is 3.19. The van der Waals surface area contributed by atoms with Crippen LogP contribution in [0, 0.1) is 0 Å². The molecule has 0 aliphatic rings. The summed E-state index contributed by atoms with van der Waals surface area (Å²) in [6.45, 7) is 28.5. The zero-order valence-corrected chi connectivity index (χ0v) is 50.8. The van der Waals surface area contributed by atoms with Gasteiger partial charge in [0.15, 0.2) is 0 Å². The van der Waals surface area contributed by atoms with Crippen LogP contribution in [0.3, 0.4) is 0 Å². The maximum atomic E-state index is 11.4. The highest BCUT2D eigenvalue weighted by atomic mass is 79.9. The first-order chi connectivity index (χ1) is 30.5. The van der Waals surface area contributed by atoms with Gasteiger partial charge in [-0.2, -0.15) is 0 Å². The average molecular weight is 1360 g/mol. The van der Waals surface area contributed by atoms with E-state index in [2.05, 4.69) is 122 Å². The number of esters is 6. The van der Waals surface area contributed by atoms with E-state index in [0.717, 1.165) is 19.6 Å². The quantitative estimate of drug-likeness (QED) is 0.0168. The molecule has 0 fully saturated rings. The van der Waals surface area contributed by atoms with Crippen molar-refractivity contribution in [2.75, 3.05) is 105 Å². The number of rotatable bonds is 30. The Morgan fingerprint density at radius 3 is 0.851 bits per heavy atom. The van der Waals surface area contributed by atoms with Crippen LogP contribution in [0.25, 0.3) is 0 Å². The fourth-order valence-corrected chi connectivity index (χ4v) is 3.86. The van der Waals surface area contributed by atoms with Gasteiger partial charge in [0.25, 0.3) is 0 Å². The smallest absolute Gasteiger partial charge is 0.323 e. The van der Waals surface area contributed by atoms with Gasteiger partial charge in [-0.1, -0.05) is 95.6 Å². The highest BCUT2D eigenvalue weighted by molar-refractivity contribution is 9.11. The summed E-state index contributed by atoms with van der Waals surface area (Å²) in [4.78, 5) is 68.0. The van der Waals surface area contributed by atoms with Gasteiger partial charge in [-0.3, -0.25) is 39.4 Å². The van der Waals surface area contributed by atoms with Crippen molar-refractivity contribution in [1.82, 2.24) is 26.6 Å². The fraction of sp³-hybridized carbons (Fsp3) is 0.854. The Morgan fingerprint density at radius 2 is 0.612 bits per heavy atom. The molecule has 20 nitrogen and oxygen atoms in total. The Bertz CT molecular complexity index is 1310. The summed E-state index contributed by atoms with van der Waals surface area (Å²) in [5, 5.41) is 15.2. The Kier molecular flexibility index (Phi) is 42.4. The van der Waals surface area contributed by atoms with E-state index in [9.17, 15) is 28.8 Å². The van der Waals surface area contributed by atoms with Crippen LogP contribution in [0.1, 0.15) is 83.1 Å². The highest BCUT2D eigenvalue weighted by Crippen LogP contribution is 2.20. The van der Waals surface area contributed by atoms with E-state index in [0.29, 0.717) is 59.1 Å². The van der Waals surface area contributed by atoms with E-state index in [-0.39, 0.29) is 68.5 Å². The number of nitrogens with two attached hydrogens (primary N) is 3. The molecule has 0 unspecified atom stereocenters. The number of hydrogen-bond donors (Lipinski definition) is 8. The second-order valence-corrected chi connectivity index (χ2v) is 28.8. The third kappa shape index (κ3) is 47.5. The van der Waals surface area contributed by atoms with Crippen LogP contribution in [-0.4, -0.2) is 173 Å². The number of carbonyl (C=O) groups excluding carboxylic acids is 6. The summed E-state index contributed by atoms with van der Waals surface area (Å²) in [5.41, 5.74) is 15.9. The van der Waals surface area contributed by atoms with Gasteiger partial charge in [0.2, 0.25) is 0 Å². The Hall–Kier alpha value is -0.620. The maximum absolute atomic E-state index is 11.4. The van der Waals surface area contributed by atoms with Gasteiger partial charge in [0.1, 0.15) is 65.3 Å². The van der Waals surface area contributed by atoms with Crippen molar-refractivity contribution in [1.29, 1.82) is 0 Å². The van der Waals surface area contributed by atoms with Gasteiger partial charge in [-0.15, -0.1) is 0 Å². The second-order valence-electron chi connectivity index (χ2n) is 16.9. The van der Waals surface area contributed by atoms with Crippen molar-refractivity contribution >= 4 is 131 Å². The van der Waals surface area contributed by atoms with Gasteiger partial charge in [0.05, 0.1) is 0 Å². The van der Waals surface area contributed by atoms with Crippen molar-refractivity contribution in [2.24, 2.45) is 17.2 Å². The lowest BCUT2D eigenvalue weighted by Gasteiger charge is -2.19. The zero-order chi connectivity index (χ0) is 53.1. The minimum atomic E-state index is -0.677. The van der Waals surface area contributed by atoms with Crippen LogP contribution < -0.4 is 43.8 Å². The molecule has 0 radical (unpaired) electrons. The van der Waals surface area contributed by atoms with Crippen LogP contribution in [0.4, 0.5) is 0 Å². The molecule has 0 bridgehead atoms. The number of ether oxygens (including phenoxy) is 6. The molecule has 0 spiro atoms. The molecule has 0 atom stereocenters. The topological polar surface area (TPSA) is 296 Å². The van der Waals surface area contributed by atoms with Crippen molar-refractivity contribution < 1.29 is 57.2 Å². The first-order valence-electron chi connectivity index (χ1n) is 21.3. The standard InChI is InChI=1S/C14H26Br2N2O4.C12H22Br2N2O4.C8H17BrN2O2.C7H15BrN2O2/c1-13(2,15)11(19)21-9-7-17-5-6-18-8-10-22-12(20)14(3,4)16;1-11(2,13)9(17)19-7-15-5-6-16-8-20-10(18)12(3,4)14;1-8(2,9)7(12)13-6-5-11-4-3-10;1-7(2,8)6(11)12-5(3-9)4-10/h17-18H,5-10H2,1-4H3;15-16H,5-8H2,1-4H3;11H,3-6,10H2,1-2H3;5H,3-4,9-10H2,1-2H3. The van der Waals surface area contributed by atoms with Crippen LogP contribution in [-0.2, 0) is 57.2 Å². The highest BCUT2D eigenvalue weighted by Gasteiger charge is 2.29. The Balaban J connectivity index is -0.000000407. The first-order valence-corrected chi connectivity index (χ1v) is 26.1. The fourth-order valence-electron chi connectivity index (χ4n) is 3.20. The summed E-state index contributed by atoms with van der Waals surface area (Å²) >= 11 is 19.3. The van der Waals surface area contributed by atoms with Crippen molar-refractivity contribution in [2.45, 2.75) is 115 Å². The summed E-state index contributed by atoms with van der Waals surface area (Å²) in [6, 6.07) is 0. The van der Waals surface area contributed by atoms with E-state index in [1.54, 1.807) is 83.1 Å². The molecule has 0 aromatic rings. The molecule has 67 heavy (non-hydrogen) atoms. The number of alkyl halides is 6. The van der Waals surface area contributed by atoms with Crippen molar-refractivity contribution in [3.05, 3.63) is 0 Å². The minimum Gasteiger partial charge on any atom is -0.463 e. The first kappa shape index (κ1) is 72.9. The van der Waals surface area contributed by atoms with E-state index in [4.69, 9.17) is 45.6 Å². The predicted octanol–water partition coefficient (Wildman–Crippen LogP) is 3.35. The lowest BCUT2D eigenvalue weighted by molar-refractivity contribution is -0.150. The Morgan fingerprint density at radius 1 is 0.373 bits per heavy atom. The van der Waals surface area contributed by atoms with Crippen LogP contribution >= 0.6 is 95.6 Å². The molecule has 0 saturated carbocycles. The van der Waals surface area contributed by atoms with Gasteiger partial charge in [-0.05, 0) is 83.1 Å². The van der Waals surface area contributed by atoms with Gasteiger partial charge >= 0.3 is 35.8 Å². The van der Waals surface area contributed by atoms with Crippen LogP contribution in [0.5, 0.6) is 0 Å². The van der Waals surface area contributed by atoms with E-state index >= 15 is 0 Å². The van der Waals surface area contributed by atoms with Crippen LogP contribution in [0.2, 0.25) is 0 Å². The van der Waals surface area contributed by atoms with Gasteiger partial charge < -0.3 is 61.6 Å². The Labute approximate surface area is 449 Å². The molecule has 0 saturated heterocycles. The maximum Gasteiger partial charge on any atom is 0.323 e. The van der Waals surface area contributed by atoms with E-state index < -0.39 is 25.9 Å². The molecule has 0 heterocycles. The number of hydrogen-bond acceptors (Lipinski definition) is 20. The molecule has 26 heteroatoms. The summed E-state index contributed by atoms with van der Waals surface area (Å²) in [5.74, 6) is -1.80. The number of carbonyl (C=O) groups is 6. The molecule has 0 rings (SSSR count). The van der Waals surface area contributed by atoms with Crippen LogP contribution in [0.15, 0.2) is 0 Å². The number of nitrogens with one attached hydrogen (secondary N) is 5. The third-order valence-electron chi connectivity index (χ3n) is 7.14. The minimum absolute atomic E-state index is 0.143. The van der Waals surface area contributed by atoms with Gasteiger partial charge in [0, 0.05) is 72.0 Å². The summed E-state index contributed by atoms with van der Waals surface area (Å²) in [7, 11) is 0. The molecule has 0 aliphatic heterocycles. The third-order valence-corrected chi connectivity index (χ3v) is 9.08. The SMILES string of the molecule is CC(C)(Br)C(=O)OC(CN)CN.CC(C)(Br)C(=O)OCCNCCN.CC(C)(Br)C(=O)OCCNCCNCCOC(=O)C(C)(C)Br.CC(C)(Br)C(=O)OCNCCNCOC(=O)C(C)(C)Br. The zero-order valence-electron chi connectivity index (χ0n) is 41.3. The summed E-state index contributed by atoms with van der Waals surface area (Å²) < 4.78 is 26.2. The molecule has 0 aromatic carbocycles. The van der Waals surface area contributed by atoms with Gasteiger partial charge in [-0.25, -0.2) is 0 Å². The molecular formula is C41H80Br6N8O12. The van der Waals surface area contributed by atoms with E-state index in [1.807, 2.05) is 0 Å². The molecule has 398 valence electrons. The van der Waals surface area contributed by atoms with Crippen molar-refractivity contribution in [3.63, 3.8) is 0 Å². The van der Waals surface area contributed by atoms with Crippen molar-refractivity contribution in [3.8, 4) is 0 Å². The second kappa shape index (κ2) is 39.0. The normalized spacial score (nSPS) is 11.9. The number of halogens is 6. The van der Waals surface area contributed by atoms with E-state index in [1.165, 1.54) is 0 Å². The monoisotopic (exact) mass is 1350 g/mol.